The highest BCUT2D eigenvalue weighted by atomic mass is 35.5. The van der Waals surface area contributed by atoms with Gasteiger partial charge in [0.1, 0.15) is 0 Å². The average molecular weight is 360 g/mol. The molecular weight excluding hydrogens is 326 g/mol. The molecule has 0 aromatic rings. The zero-order valence-electron chi connectivity index (χ0n) is 15.4. The highest BCUT2D eigenvalue weighted by Gasteiger charge is 2.33. The maximum absolute atomic E-state index is 12.6. The van der Waals surface area contributed by atoms with E-state index in [0.29, 0.717) is 19.0 Å². The lowest BCUT2D eigenvalue weighted by molar-refractivity contribution is -0.142. The normalized spacial score (nSPS) is 22.7. The summed E-state index contributed by atoms with van der Waals surface area (Å²) in [5.41, 5.74) is 6.06. The zero-order chi connectivity index (χ0) is 17.0. The van der Waals surface area contributed by atoms with Crippen molar-refractivity contribution in [3.63, 3.8) is 0 Å². The fraction of sp³-hybridized carbons (Fsp3) is 0.889. The quantitative estimate of drug-likeness (QED) is 0.837. The number of nitrogens with two attached hydrogens (primary N) is 1. The lowest BCUT2D eigenvalue weighted by atomic mass is 9.91. The Morgan fingerprint density at radius 1 is 1.04 bits per heavy atom. The molecule has 2 amide bonds. The van der Waals surface area contributed by atoms with Crippen molar-refractivity contribution < 1.29 is 9.59 Å². The number of amides is 2. The van der Waals surface area contributed by atoms with E-state index in [1.165, 1.54) is 0 Å². The van der Waals surface area contributed by atoms with Crippen LogP contribution in [0.4, 0.5) is 0 Å². The second-order valence-corrected chi connectivity index (χ2v) is 7.52. The number of hydrogen-bond acceptors (Lipinski definition) is 3. The largest absolute Gasteiger partial charge is 0.342 e. The molecule has 2 aliphatic rings. The summed E-state index contributed by atoms with van der Waals surface area (Å²) in [6.07, 6.45) is 4.71. The third kappa shape index (κ3) is 5.09. The molecule has 0 aromatic heterocycles. The molecule has 0 radical (unpaired) electrons. The van der Waals surface area contributed by atoms with Crippen LogP contribution < -0.4 is 5.73 Å². The Bertz CT molecular complexity index is 416. The summed E-state index contributed by atoms with van der Waals surface area (Å²) >= 11 is 0. The number of piperidine rings is 2. The van der Waals surface area contributed by atoms with Crippen molar-refractivity contribution in [2.45, 2.75) is 58.9 Å². The molecule has 0 aromatic carbocycles. The highest BCUT2D eigenvalue weighted by Crippen LogP contribution is 2.24. The third-order valence-corrected chi connectivity index (χ3v) is 5.79. The molecule has 0 saturated carbocycles. The summed E-state index contributed by atoms with van der Waals surface area (Å²) in [5, 5.41) is 0. The predicted octanol–water partition coefficient (Wildman–Crippen LogP) is 2.28. The van der Waals surface area contributed by atoms with E-state index in [9.17, 15) is 9.59 Å². The first-order valence-corrected chi connectivity index (χ1v) is 9.27. The Kier molecular flexibility index (Phi) is 8.51. The van der Waals surface area contributed by atoms with Gasteiger partial charge in [-0.25, -0.2) is 0 Å². The molecule has 2 unspecified atom stereocenters. The van der Waals surface area contributed by atoms with Gasteiger partial charge in [-0.1, -0.05) is 27.2 Å². The van der Waals surface area contributed by atoms with E-state index in [2.05, 4.69) is 13.8 Å². The van der Waals surface area contributed by atoms with Crippen LogP contribution >= 0.6 is 12.4 Å². The fourth-order valence-corrected chi connectivity index (χ4v) is 3.54. The van der Waals surface area contributed by atoms with Gasteiger partial charge >= 0.3 is 0 Å². The van der Waals surface area contributed by atoms with Crippen LogP contribution in [0.15, 0.2) is 0 Å². The number of carbonyl (C=O) groups is 2. The second-order valence-electron chi connectivity index (χ2n) is 7.52. The summed E-state index contributed by atoms with van der Waals surface area (Å²) in [7, 11) is 0. The van der Waals surface area contributed by atoms with Crippen LogP contribution in [0.2, 0.25) is 0 Å². The first kappa shape index (κ1) is 21.2. The van der Waals surface area contributed by atoms with Gasteiger partial charge in [0.25, 0.3) is 0 Å². The predicted molar refractivity (Wildman–Crippen MR) is 99.0 cm³/mol. The number of carbonyl (C=O) groups excluding carboxylic acids is 2. The molecule has 0 spiro atoms. The number of rotatable bonds is 4. The summed E-state index contributed by atoms with van der Waals surface area (Å²) in [4.78, 5) is 28.9. The van der Waals surface area contributed by atoms with E-state index in [-0.39, 0.29) is 30.2 Å². The summed E-state index contributed by atoms with van der Waals surface area (Å²) < 4.78 is 0. The Morgan fingerprint density at radius 2 is 1.54 bits per heavy atom. The molecular formula is C18H34ClN3O2. The number of nitrogens with zero attached hydrogens (tertiary/aromatic N) is 2. The van der Waals surface area contributed by atoms with Crippen molar-refractivity contribution in [2.75, 3.05) is 26.2 Å². The van der Waals surface area contributed by atoms with Crippen molar-refractivity contribution in [3.05, 3.63) is 0 Å². The monoisotopic (exact) mass is 359 g/mol. The smallest absolute Gasteiger partial charge is 0.239 e. The number of likely N-dealkylation sites (tertiary alicyclic amines) is 2. The molecule has 6 heteroatoms. The SMILES string of the molecule is CCC(C)C(N)C(=O)N1CCC(C(=O)N2CCC(C)CC2)CC1.Cl. The molecule has 5 nitrogen and oxygen atoms in total. The van der Waals surface area contributed by atoms with Gasteiger partial charge in [-0.2, -0.15) is 0 Å². The second kappa shape index (κ2) is 9.62. The molecule has 2 atom stereocenters. The topological polar surface area (TPSA) is 66.6 Å². The van der Waals surface area contributed by atoms with E-state index in [1.807, 2.05) is 16.7 Å². The summed E-state index contributed by atoms with van der Waals surface area (Å²) in [6, 6.07) is -0.407. The van der Waals surface area contributed by atoms with Crippen LogP contribution in [0.25, 0.3) is 0 Å². The van der Waals surface area contributed by atoms with Crippen LogP contribution in [0.5, 0.6) is 0 Å². The maximum Gasteiger partial charge on any atom is 0.239 e. The average Bonchev–Trinajstić information content (AvgIpc) is 2.60. The maximum atomic E-state index is 12.6. The van der Waals surface area contributed by atoms with Crippen LogP contribution in [0.1, 0.15) is 52.9 Å². The molecule has 2 aliphatic heterocycles. The van der Waals surface area contributed by atoms with Crippen molar-refractivity contribution in [1.82, 2.24) is 9.80 Å². The van der Waals surface area contributed by atoms with Gasteiger partial charge in [-0.05, 0) is 37.5 Å². The van der Waals surface area contributed by atoms with E-state index < -0.39 is 6.04 Å². The first-order valence-electron chi connectivity index (χ1n) is 9.27. The molecule has 2 heterocycles. The third-order valence-electron chi connectivity index (χ3n) is 5.79. The van der Waals surface area contributed by atoms with E-state index in [4.69, 9.17) is 5.73 Å². The van der Waals surface area contributed by atoms with Gasteiger partial charge < -0.3 is 15.5 Å². The van der Waals surface area contributed by atoms with Crippen LogP contribution in [0, 0.1) is 17.8 Å². The molecule has 0 bridgehead atoms. The van der Waals surface area contributed by atoms with Gasteiger partial charge in [0.05, 0.1) is 6.04 Å². The van der Waals surface area contributed by atoms with Gasteiger partial charge in [-0.15, -0.1) is 12.4 Å². The molecule has 2 saturated heterocycles. The standard InChI is InChI=1S/C18H33N3O2.ClH/c1-4-14(3)16(19)18(23)21-11-7-15(8-12-21)17(22)20-9-5-13(2)6-10-20;/h13-16H,4-12,19H2,1-3H3;1H. The first-order chi connectivity index (χ1) is 10.9. The van der Waals surface area contributed by atoms with Gasteiger partial charge in [0.15, 0.2) is 0 Å². The summed E-state index contributed by atoms with van der Waals surface area (Å²) in [6.45, 7) is 9.48. The minimum Gasteiger partial charge on any atom is -0.342 e. The molecule has 2 fully saturated rings. The Hall–Kier alpha value is -0.810. The number of hydrogen-bond donors (Lipinski definition) is 1. The van der Waals surface area contributed by atoms with Gasteiger partial charge in [-0.3, -0.25) is 9.59 Å². The van der Waals surface area contributed by atoms with Gasteiger partial charge in [0.2, 0.25) is 11.8 Å². The fourth-order valence-electron chi connectivity index (χ4n) is 3.54. The molecule has 24 heavy (non-hydrogen) atoms. The van der Waals surface area contributed by atoms with Crippen molar-refractivity contribution in [3.8, 4) is 0 Å². The Balaban J connectivity index is 0.00000288. The Morgan fingerprint density at radius 3 is 2.04 bits per heavy atom. The minimum atomic E-state index is -0.407. The lowest BCUT2D eigenvalue weighted by Gasteiger charge is -2.37. The van der Waals surface area contributed by atoms with Crippen molar-refractivity contribution >= 4 is 24.2 Å². The zero-order valence-corrected chi connectivity index (χ0v) is 16.2. The van der Waals surface area contributed by atoms with Crippen LogP contribution in [-0.4, -0.2) is 53.8 Å². The van der Waals surface area contributed by atoms with E-state index >= 15 is 0 Å². The molecule has 0 aliphatic carbocycles. The highest BCUT2D eigenvalue weighted by molar-refractivity contribution is 5.85. The molecule has 140 valence electrons. The van der Waals surface area contributed by atoms with Crippen molar-refractivity contribution in [2.24, 2.45) is 23.5 Å². The minimum absolute atomic E-state index is 0. The lowest BCUT2D eigenvalue weighted by Crippen LogP contribution is -2.51. The number of halogens is 1. The van der Waals surface area contributed by atoms with Crippen LogP contribution in [-0.2, 0) is 9.59 Å². The van der Waals surface area contributed by atoms with Crippen molar-refractivity contribution in [1.29, 1.82) is 0 Å². The Labute approximate surface area is 152 Å². The van der Waals surface area contributed by atoms with Gasteiger partial charge in [0, 0.05) is 32.1 Å². The van der Waals surface area contributed by atoms with Crippen LogP contribution in [0.3, 0.4) is 0 Å². The molecule has 2 N–H and O–H groups in total. The van der Waals surface area contributed by atoms with E-state index in [0.717, 1.165) is 51.1 Å². The molecule has 2 rings (SSSR count). The summed E-state index contributed by atoms with van der Waals surface area (Å²) in [5.74, 6) is 1.39. The van der Waals surface area contributed by atoms with E-state index in [1.54, 1.807) is 0 Å².